The summed E-state index contributed by atoms with van der Waals surface area (Å²) in [6, 6.07) is 10.6. The maximum Gasteiger partial charge on any atom is 0.417 e. The first-order chi connectivity index (χ1) is 15.9. The van der Waals surface area contributed by atoms with Gasteiger partial charge in [-0.25, -0.2) is 14.6 Å². The van der Waals surface area contributed by atoms with Crippen LogP contribution in [0.25, 0.3) is 22.4 Å². The summed E-state index contributed by atoms with van der Waals surface area (Å²) in [4.78, 5) is 15.0. The van der Waals surface area contributed by atoms with Gasteiger partial charge in [0.05, 0.1) is 23.7 Å². The Labute approximate surface area is 187 Å². The van der Waals surface area contributed by atoms with Crippen LogP contribution in [0.2, 0.25) is 0 Å². The first-order valence-electron chi connectivity index (χ1n) is 10.6. The number of halogens is 3. The van der Waals surface area contributed by atoms with Gasteiger partial charge in [-0.3, -0.25) is 4.98 Å². The molecule has 10 heteroatoms. The van der Waals surface area contributed by atoms with Crippen LogP contribution in [0, 0.1) is 0 Å². The van der Waals surface area contributed by atoms with Gasteiger partial charge in [-0.1, -0.05) is 18.2 Å². The first-order valence-corrected chi connectivity index (χ1v) is 10.6. The molecular formula is C23H21F3N6O. The van der Waals surface area contributed by atoms with Crippen molar-refractivity contribution in [3.63, 3.8) is 0 Å². The molecule has 1 aromatic carbocycles. The number of aromatic nitrogens is 5. The number of hydrogen-bond donors (Lipinski definition) is 0. The van der Waals surface area contributed by atoms with Gasteiger partial charge >= 0.3 is 6.18 Å². The Hall–Kier alpha value is -3.69. The van der Waals surface area contributed by atoms with Crippen molar-refractivity contribution in [2.24, 2.45) is 0 Å². The number of fused-ring (bicyclic) bond motifs is 1. The Morgan fingerprint density at radius 2 is 1.91 bits per heavy atom. The Morgan fingerprint density at radius 3 is 2.67 bits per heavy atom. The second-order valence-electron chi connectivity index (χ2n) is 7.82. The summed E-state index contributed by atoms with van der Waals surface area (Å²) < 4.78 is 47.5. The number of nitrogens with zero attached hydrogens (tertiary/aromatic N) is 6. The van der Waals surface area contributed by atoms with E-state index in [0.717, 1.165) is 29.8 Å². The molecule has 0 bridgehead atoms. The number of ether oxygens (including phenoxy) is 1. The molecule has 1 fully saturated rings. The smallest absolute Gasteiger partial charge is 0.417 e. The van der Waals surface area contributed by atoms with E-state index in [0.29, 0.717) is 31.1 Å². The molecule has 1 aliphatic heterocycles. The van der Waals surface area contributed by atoms with Gasteiger partial charge in [0.25, 0.3) is 0 Å². The Kier molecular flexibility index (Phi) is 5.35. The number of para-hydroxylation sites is 1. The number of anilines is 1. The number of pyridine rings is 1. The molecule has 1 aliphatic rings. The predicted molar refractivity (Wildman–Crippen MR) is 117 cm³/mol. The van der Waals surface area contributed by atoms with Crippen molar-refractivity contribution in [1.82, 2.24) is 24.7 Å². The molecule has 4 heterocycles. The van der Waals surface area contributed by atoms with Crippen LogP contribution < -0.4 is 9.64 Å². The molecule has 0 aliphatic carbocycles. The summed E-state index contributed by atoms with van der Waals surface area (Å²) in [5.41, 5.74) is -0.0674. The highest BCUT2D eigenvalue weighted by molar-refractivity contribution is 5.89. The average Bonchev–Trinajstić information content (AvgIpc) is 3.45. The SMILES string of the molecule is CCn1ncc2c(N3CC[C@@H](Oc4ccccc4)C3)nc(-c3cncc(C(F)(F)F)c3)nc21. The molecule has 1 saturated heterocycles. The Morgan fingerprint density at radius 1 is 1.09 bits per heavy atom. The summed E-state index contributed by atoms with van der Waals surface area (Å²) in [5, 5.41) is 5.14. The molecule has 33 heavy (non-hydrogen) atoms. The maximum absolute atomic E-state index is 13.2. The Bertz CT molecular complexity index is 1270. The maximum atomic E-state index is 13.2. The van der Waals surface area contributed by atoms with Gasteiger partial charge in [0.1, 0.15) is 17.7 Å². The third-order valence-electron chi connectivity index (χ3n) is 5.59. The largest absolute Gasteiger partial charge is 0.489 e. The molecule has 0 radical (unpaired) electrons. The molecule has 4 aromatic rings. The molecule has 0 N–H and O–H groups in total. The molecule has 1 atom stereocenters. The van der Waals surface area contributed by atoms with Crippen molar-refractivity contribution in [1.29, 1.82) is 0 Å². The van der Waals surface area contributed by atoms with Crippen LogP contribution >= 0.6 is 0 Å². The standard InChI is InChI=1S/C23H21F3N6O/c1-2-32-22-19(13-28-32)21(31-9-8-18(14-31)33-17-6-4-3-5-7-17)29-20(30-22)15-10-16(12-27-11-15)23(24,25)26/h3-7,10-13,18H,2,8-9,14H2,1H3/t18-/m1/s1. The molecular weight excluding hydrogens is 433 g/mol. The second-order valence-corrected chi connectivity index (χ2v) is 7.82. The second kappa shape index (κ2) is 8.34. The van der Waals surface area contributed by atoms with Crippen LogP contribution in [-0.2, 0) is 12.7 Å². The fourth-order valence-electron chi connectivity index (χ4n) is 3.97. The molecule has 3 aromatic heterocycles. The number of rotatable bonds is 5. The lowest BCUT2D eigenvalue weighted by Crippen LogP contribution is -2.25. The van der Waals surface area contributed by atoms with Crippen molar-refractivity contribution in [3.8, 4) is 17.1 Å². The lowest BCUT2D eigenvalue weighted by molar-refractivity contribution is -0.137. The van der Waals surface area contributed by atoms with Crippen molar-refractivity contribution in [2.45, 2.75) is 32.2 Å². The summed E-state index contributed by atoms with van der Waals surface area (Å²) in [5.74, 6) is 1.61. The summed E-state index contributed by atoms with van der Waals surface area (Å²) in [6.07, 6.45) is 0.107. The van der Waals surface area contributed by atoms with Crippen LogP contribution in [0.5, 0.6) is 5.75 Å². The van der Waals surface area contributed by atoms with Gasteiger partial charge in [-0.2, -0.15) is 18.3 Å². The van der Waals surface area contributed by atoms with E-state index in [-0.39, 0.29) is 17.5 Å². The average molecular weight is 454 g/mol. The van der Waals surface area contributed by atoms with Crippen molar-refractivity contribution in [2.75, 3.05) is 18.0 Å². The monoisotopic (exact) mass is 454 g/mol. The summed E-state index contributed by atoms with van der Waals surface area (Å²) in [6.45, 7) is 3.79. The van der Waals surface area contributed by atoms with Gasteiger partial charge in [0, 0.05) is 37.5 Å². The minimum Gasteiger partial charge on any atom is -0.489 e. The fourth-order valence-corrected chi connectivity index (χ4v) is 3.97. The zero-order valence-electron chi connectivity index (χ0n) is 17.8. The van der Waals surface area contributed by atoms with E-state index in [2.05, 4.69) is 25.0 Å². The number of aryl methyl sites for hydroxylation is 1. The van der Waals surface area contributed by atoms with Crippen LogP contribution in [0.4, 0.5) is 19.0 Å². The van der Waals surface area contributed by atoms with Crippen LogP contribution in [-0.4, -0.2) is 43.9 Å². The van der Waals surface area contributed by atoms with Crippen molar-refractivity contribution >= 4 is 16.9 Å². The van der Waals surface area contributed by atoms with Gasteiger partial charge in [0.2, 0.25) is 0 Å². The summed E-state index contributed by atoms with van der Waals surface area (Å²) in [7, 11) is 0. The lowest BCUT2D eigenvalue weighted by Gasteiger charge is -2.19. The molecule has 0 amide bonds. The highest BCUT2D eigenvalue weighted by Gasteiger charge is 2.32. The van der Waals surface area contributed by atoms with Gasteiger partial charge in [0.15, 0.2) is 11.5 Å². The van der Waals surface area contributed by atoms with Gasteiger partial charge in [-0.15, -0.1) is 0 Å². The fraction of sp³-hybridized carbons (Fsp3) is 0.304. The van der Waals surface area contributed by atoms with Crippen LogP contribution in [0.3, 0.4) is 0 Å². The van der Waals surface area contributed by atoms with Crippen LogP contribution in [0.15, 0.2) is 55.0 Å². The molecule has 0 unspecified atom stereocenters. The molecule has 0 saturated carbocycles. The molecule has 0 spiro atoms. The zero-order chi connectivity index (χ0) is 23.0. The quantitative estimate of drug-likeness (QED) is 0.440. The van der Waals surface area contributed by atoms with E-state index >= 15 is 0 Å². The normalized spacial score (nSPS) is 16.5. The zero-order valence-corrected chi connectivity index (χ0v) is 17.8. The highest BCUT2D eigenvalue weighted by atomic mass is 19.4. The van der Waals surface area contributed by atoms with E-state index in [1.807, 2.05) is 37.3 Å². The predicted octanol–water partition coefficient (Wildman–Crippen LogP) is 4.58. The topological polar surface area (TPSA) is 69.0 Å². The van der Waals surface area contributed by atoms with E-state index < -0.39 is 11.7 Å². The molecule has 5 rings (SSSR count). The van der Waals surface area contributed by atoms with Crippen molar-refractivity contribution in [3.05, 3.63) is 60.6 Å². The van der Waals surface area contributed by atoms with E-state index in [1.165, 1.54) is 6.20 Å². The van der Waals surface area contributed by atoms with Gasteiger partial charge < -0.3 is 9.64 Å². The van der Waals surface area contributed by atoms with Crippen LogP contribution in [0.1, 0.15) is 18.9 Å². The number of benzene rings is 1. The number of hydrogen-bond acceptors (Lipinski definition) is 6. The molecule has 7 nitrogen and oxygen atoms in total. The minimum atomic E-state index is -4.50. The lowest BCUT2D eigenvalue weighted by atomic mass is 10.2. The van der Waals surface area contributed by atoms with E-state index in [4.69, 9.17) is 4.74 Å². The van der Waals surface area contributed by atoms with E-state index in [1.54, 1.807) is 10.9 Å². The van der Waals surface area contributed by atoms with Gasteiger partial charge in [-0.05, 0) is 25.1 Å². The third kappa shape index (κ3) is 4.20. The summed E-state index contributed by atoms with van der Waals surface area (Å²) >= 11 is 0. The Balaban J connectivity index is 1.52. The van der Waals surface area contributed by atoms with Crippen molar-refractivity contribution < 1.29 is 17.9 Å². The third-order valence-corrected chi connectivity index (χ3v) is 5.59. The first kappa shape index (κ1) is 21.2. The molecule has 170 valence electrons. The minimum absolute atomic E-state index is 0.0303. The highest BCUT2D eigenvalue weighted by Crippen LogP contribution is 2.33. The number of alkyl halides is 3. The van der Waals surface area contributed by atoms with E-state index in [9.17, 15) is 13.2 Å².